The molecule has 2 unspecified atom stereocenters. The molecule has 1 saturated heterocycles. The van der Waals surface area contributed by atoms with E-state index < -0.39 is 0 Å². The molecule has 0 radical (unpaired) electrons. The summed E-state index contributed by atoms with van der Waals surface area (Å²) in [5.41, 5.74) is 7.30. The Labute approximate surface area is 133 Å². The van der Waals surface area contributed by atoms with Crippen molar-refractivity contribution >= 4 is 11.6 Å². The lowest BCUT2D eigenvalue weighted by atomic mass is 9.93. The Hall–Kier alpha value is -0.770. The molecule has 2 N–H and O–H groups in total. The van der Waals surface area contributed by atoms with Crippen molar-refractivity contribution in [3.63, 3.8) is 0 Å². The average Bonchev–Trinajstić information content (AvgIpc) is 2.50. The Kier molecular flexibility index (Phi) is 6.34. The zero-order valence-electron chi connectivity index (χ0n) is 13.1. The normalized spacial score (nSPS) is 21.2. The molecule has 118 valence electrons. The smallest absolute Gasteiger partial charge is 0.137 e. The number of nitrogens with two attached hydrogens (primary N) is 1. The van der Waals surface area contributed by atoms with Crippen LogP contribution in [0.15, 0.2) is 18.2 Å². The second kappa shape index (κ2) is 8.02. The van der Waals surface area contributed by atoms with Gasteiger partial charge in [-0.3, -0.25) is 4.90 Å². The first-order valence-electron chi connectivity index (χ1n) is 8.00. The van der Waals surface area contributed by atoms with Crippen molar-refractivity contribution in [1.82, 2.24) is 4.90 Å². The summed E-state index contributed by atoms with van der Waals surface area (Å²) >= 11 is 6.28. The zero-order chi connectivity index (χ0) is 15.2. The predicted octanol–water partition coefficient (Wildman–Crippen LogP) is 4.00. The largest absolute Gasteiger partial charge is 0.495 e. The number of hydrogen-bond donors (Lipinski definition) is 1. The molecule has 2 atom stereocenters. The molecule has 0 aliphatic carbocycles. The van der Waals surface area contributed by atoms with E-state index in [1.54, 1.807) is 7.11 Å². The topological polar surface area (TPSA) is 38.5 Å². The van der Waals surface area contributed by atoms with Gasteiger partial charge < -0.3 is 10.5 Å². The zero-order valence-corrected chi connectivity index (χ0v) is 13.9. The molecular weight excluding hydrogens is 284 g/mol. The first kappa shape index (κ1) is 16.6. The number of halogens is 1. The Morgan fingerprint density at radius 3 is 2.86 bits per heavy atom. The van der Waals surface area contributed by atoms with Crippen LogP contribution >= 0.6 is 11.6 Å². The molecule has 21 heavy (non-hydrogen) atoms. The molecule has 1 heterocycles. The first-order chi connectivity index (χ1) is 10.2. The van der Waals surface area contributed by atoms with Gasteiger partial charge in [-0.05, 0) is 43.5 Å². The van der Waals surface area contributed by atoms with Gasteiger partial charge in [-0.15, -0.1) is 0 Å². The number of likely N-dealkylation sites (tertiary alicyclic amines) is 1. The Bertz CT molecular complexity index is 450. The minimum Gasteiger partial charge on any atom is -0.495 e. The summed E-state index contributed by atoms with van der Waals surface area (Å²) in [6.07, 6.45) is 6.36. The molecule has 1 fully saturated rings. The van der Waals surface area contributed by atoms with Crippen LogP contribution in [-0.4, -0.2) is 31.1 Å². The standard InChI is InChI=1S/C17H27ClN2O/c1-3-6-14-7-4-5-10-20(14)16(12-19)13-8-9-17(21-2)15(18)11-13/h8-9,11,14,16H,3-7,10,12,19H2,1-2H3. The minimum absolute atomic E-state index is 0.255. The molecule has 1 aliphatic heterocycles. The molecule has 1 aromatic carbocycles. The van der Waals surface area contributed by atoms with Gasteiger partial charge in [-0.25, -0.2) is 0 Å². The number of hydrogen-bond acceptors (Lipinski definition) is 3. The summed E-state index contributed by atoms with van der Waals surface area (Å²) in [6, 6.07) is 6.96. The number of benzene rings is 1. The maximum atomic E-state index is 6.28. The Morgan fingerprint density at radius 1 is 1.43 bits per heavy atom. The summed E-state index contributed by atoms with van der Waals surface area (Å²) in [4.78, 5) is 2.59. The number of piperidine rings is 1. The lowest BCUT2D eigenvalue weighted by Crippen LogP contribution is -2.44. The van der Waals surface area contributed by atoms with Crippen LogP contribution in [0, 0.1) is 0 Å². The highest BCUT2D eigenvalue weighted by Crippen LogP contribution is 2.33. The fraction of sp³-hybridized carbons (Fsp3) is 0.647. The van der Waals surface area contributed by atoms with Crippen molar-refractivity contribution in [3.8, 4) is 5.75 Å². The van der Waals surface area contributed by atoms with Crippen LogP contribution in [0.2, 0.25) is 5.02 Å². The first-order valence-corrected chi connectivity index (χ1v) is 8.38. The molecule has 3 nitrogen and oxygen atoms in total. The van der Waals surface area contributed by atoms with E-state index in [0.29, 0.717) is 17.6 Å². The molecule has 0 aromatic heterocycles. The van der Waals surface area contributed by atoms with Crippen LogP contribution in [0.25, 0.3) is 0 Å². The van der Waals surface area contributed by atoms with E-state index in [1.165, 1.54) is 37.7 Å². The maximum Gasteiger partial charge on any atom is 0.137 e. The molecule has 1 aromatic rings. The molecule has 0 bridgehead atoms. The van der Waals surface area contributed by atoms with Crippen LogP contribution < -0.4 is 10.5 Å². The third-order valence-electron chi connectivity index (χ3n) is 4.48. The second-order valence-electron chi connectivity index (χ2n) is 5.82. The van der Waals surface area contributed by atoms with Crippen LogP contribution in [0.4, 0.5) is 0 Å². The quantitative estimate of drug-likeness (QED) is 0.863. The number of methoxy groups -OCH3 is 1. The molecule has 0 spiro atoms. The monoisotopic (exact) mass is 310 g/mol. The van der Waals surface area contributed by atoms with E-state index in [1.807, 2.05) is 12.1 Å². The van der Waals surface area contributed by atoms with E-state index in [4.69, 9.17) is 22.1 Å². The van der Waals surface area contributed by atoms with E-state index >= 15 is 0 Å². The van der Waals surface area contributed by atoms with Crippen molar-refractivity contribution in [2.45, 2.75) is 51.1 Å². The third-order valence-corrected chi connectivity index (χ3v) is 4.77. The van der Waals surface area contributed by atoms with Crippen LogP contribution in [-0.2, 0) is 0 Å². The van der Waals surface area contributed by atoms with E-state index in [-0.39, 0.29) is 6.04 Å². The average molecular weight is 311 g/mol. The number of rotatable bonds is 6. The lowest BCUT2D eigenvalue weighted by molar-refractivity contribution is 0.0912. The van der Waals surface area contributed by atoms with Gasteiger partial charge in [0.15, 0.2) is 0 Å². The summed E-state index contributed by atoms with van der Waals surface area (Å²) < 4.78 is 5.24. The summed E-state index contributed by atoms with van der Waals surface area (Å²) in [5.74, 6) is 0.722. The fourth-order valence-electron chi connectivity index (χ4n) is 3.43. The molecule has 0 saturated carbocycles. The summed E-state index contributed by atoms with van der Waals surface area (Å²) in [7, 11) is 1.64. The Morgan fingerprint density at radius 2 is 2.24 bits per heavy atom. The maximum absolute atomic E-state index is 6.28. The van der Waals surface area contributed by atoms with Gasteiger partial charge >= 0.3 is 0 Å². The van der Waals surface area contributed by atoms with Crippen molar-refractivity contribution in [1.29, 1.82) is 0 Å². The van der Waals surface area contributed by atoms with Gasteiger partial charge in [0.2, 0.25) is 0 Å². The van der Waals surface area contributed by atoms with Crippen LogP contribution in [0.1, 0.15) is 50.6 Å². The highest BCUT2D eigenvalue weighted by atomic mass is 35.5. The van der Waals surface area contributed by atoms with E-state index in [9.17, 15) is 0 Å². The Balaban J connectivity index is 2.22. The van der Waals surface area contributed by atoms with Crippen molar-refractivity contribution in [3.05, 3.63) is 28.8 Å². The highest BCUT2D eigenvalue weighted by molar-refractivity contribution is 6.32. The van der Waals surface area contributed by atoms with Gasteiger partial charge in [0, 0.05) is 18.6 Å². The molecule has 1 aliphatic rings. The van der Waals surface area contributed by atoms with Gasteiger partial charge in [-0.2, -0.15) is 0 Å². The van der Waals surface area contributed by atoms with Gasteiger partial charge in [0.1, 0.15) is 5.75 Å². The lowest BCUT2D eigenvalue weighted by Gasteiger charge is -2.41. The molecule has 2 rings (SSSR count). The molecule has 4 heteroatoms. The molecule has 0 amide bonds. The SMILES string of the molecule is CCCC1CCCCN1C(CN)c1ccc(OC)c(Cl)c1. The van der Waals surface area contributed by atoms with Crippen molar-refractivity contribution in [2.75, 3.05) is 20.2 Å². The number of nitrogens with zero attached hydrogens (tertiary/aromatic N) is 1. The van der Waals surface area contributed by atoms with Crippen molar-refractivity contribution < 1.29 is 4.74 Å². The second-order valence-corrected chi connectivity index (χ2v) is 6.23. The number of ether oxygens (including phenoxy) is 1. The predicted molar refractivity (Wildman–Crippen MR) is 89.1 cm³/mol. The summed E-state index contributed by atoms with van der Waals surface area (Å²) in [6.45, 7) is 4.02. The van der Waals surface area contributed by atoms with Crippen LogP contribution in [0.5, 0.6) is 5.75 Å². The van der Waals surface area contributed by atoms with Crippen molar-refractivity contribution in [2.24, 2.45) is 5.73 Å². The highest BCUT2D eigenvalue weighted by Gasteiger charge is 2.28. The van der Waals surface area contributed by atoms with Gasteiger partial charge in [0.25, 0.3) is 0 Å². The van der Waals surface area contributed by atoms with E-state index in [2.05, 4.69) is 17.9 Å². The minimum atomic E-state index is 0.255. The third kappa shape index (κ3) is 3.91. The fourth-order valence-corrected chi connectivity index (χ4v) is 3.70. The van der Waals surface area contributed by atoms with Gasteiger partial charge in [0.05, 0.1) is 12.1 Å². The summed E-state index contributed by atoms with van der Waals surface area (Å²) in [5, 5.41) is 0.664. The molecular formula is C17H27ClN2O. The van der Waals surface area contributed by atoms with Crippen LogP contribution in [0.3, 0.4) is 0 Å². The van der Waals surface area contributed by atoms with E-state index in [0.717, 1.165) is 12.3 Å². The van der Waals surface area contributed by atoms with Gasteiger partial charge in [-0.1, -0.05) is 37.4 Å².